The molecule has 0 amide bonds. The number of H-pyrrole nitrogens is 1. The van der Waals surface area contributed by atoms with Crippen LogP contribution >= 0.6 is 0 Å². The molecule has 2 bridgehead atoms. The molecule has 4 heterocycles. The molecular formula is C15H18N4. The van der Waals surface area contributed by atoms with E-state index in [4.69, 9.17) is 0 Å². The third-order valence-corrected chi connectivity index (χ3v) is 4.64. The Balaban J connectivity index is 1.66. The van der Waals surface area contributed by atoms with Crippen molar-refractivity contribution < 1.29 is 0 Å². The van der Waals surface area contributed by atoms with Crippen molar-refractivity contribution in [2.45, 2.75) is 24.7 Å². The monoisotopic (exact) mass is 254 g/mol. The summed E-state index contributed by atoms with van der Waals surface area (Å²) in [5, 5.41) is 8.94. The summed E-state index contributed by atoms with van der Waals surface area (Å²) in [6.45, 7) is 3.65. The molecule has 2 aromatic rings. The van der Waals surface area contributed by atoms with Crippen LogP contribution in [-0.4, -0.2) is 39.7 Å². The Kier molecular flexibility index (Phi) is 2.45. The van der Waals surface area contributed by atoms with Crippen LogP contribution in [0.4, 0.5) is 0 Å². The number of hydrogen-bond donors (Lipinski definition) is 1. The molecule has 2 fully saturated rings. The lowest BCUT2D eigenvalue weighted by atomic mass is 9.78. The van der Waals surface area contributed by atoms with E-state index in [1.165, 1.54) is 44.6 Å². The lowest BCUT2D eigenvalue weighted by Crippen LogP contribution is -2.37. The summed E-state index contributed by atoms with van der Waals surface area (Å²) >= 11 is 0. The van der Waals surface area contributed by atoms with E-state index in [9.17, 15) is 0 Å². The van der Waals surface area contributed by atoms with Crippen LogP contribution in [0.1, 0.15) is 25.0 Å². The molecule has 0 spiro atoms. The Morgan fingerprint density at radius 2 is 2.11 bits per heavy atom. The van der Waals surface area contributed by atoms with Gasteiger partial charge in [0, 0.05) is 18.2 Å². The number of hydrogen-bond acceptors (Lipinski definition) is 3. The highest BCUT2D eigenvalue weighted by atomic mass is 15.2. The minimum Gasteiger partial charge on any atom is -0.360 e. The predicted molar refractivity (Wildman–Crippen MR) is 73.8 cm³/mol. The van der Waals surface area contributed by atoms with E-state index in [0.717, 1.165) is 11.4 Å². The normalized spacial score (nSPS) is 29.6. The summed E-state index contributed by atoms with van der Waals surface area (Å²) in [5.41, 5.74) is 3.42. The van der Waals surface area contributed by atoms with Crippen LogP contribution in [0.5, 0.6) is 0 Å². The van der Waals surface area contributed by atoms with Crippen LogP contribution in [0.25, 0.3) is 11.4 Å². The van der Waals surface area contributed by atoms with E-state index in [1.807, 2.05) is 18.3 Å². The third-order valence-electron chi connectivity index (χ3n) is 4.64. The van der Waals surface area contributed by atoms with E-state index >= 15 is 0 Å². The molecule has 2 atom stereocenters. The van der Waals surface area contributed by atoms with Crippen molar-refractivity contribution in [3.05, 3.63) is 36.2 Å². The van der Waals surface area contributed by atoms with Gasteiger partial charge in [-0.15, -0.1) is 5.10 Å². The molecule has 2 aliphatic rings. The quantitative estimate of drug-likeness (QED) is 0.893. The Morgan fingerprint density at radius 3 is 2.89 bits per heavy atom. The Morgan fingerprint density at radius 1 is 1.11 bits per heavy atom. The molecule has 4 heteroatoms. The maximum atomic E-state index is 4.53. The first-order chi connectivity index (χ1) is 9.36. The minimum atomic E-state index is 0.277. The van der Waals surface area contributed by atoms with Gasteiger partial charge in [0.2, 0.25) is 0 Å². The maximum Gasteiger partial charge on any atom is 0.109 e. The van der Waals surface area contributed by atoms with Gasteiger partial charge in [-0.25, -0.2) is 0 Å². The lowest BCUT2D eigenvalue weighted by molar-refractivity contribution is 0.239. The van der Waals surface area contributed by atoms with E-state index in [1.54, 1.807) is 0 Å². The number of aromatic nitrogens is 3. The van der Waals surface area contributed by atoms with Gasteiger partial charge in [-0.05, 0) is 56.6 Å². The number of aromatic amines is 1. The van der Waals surface area contributed by atoms with Gasteiger partial charge in [-0.2, -0.15) is 5.10 Å². The smallest absolute Gasteiger partial charge is 0.109 e. The molecule has 4 nitrogen and oxygen atoms in total. The van der Waals surface area contributed by atoms with Crippen LogP contribution in [0.15, 0.2) is 30.5 Å². The van der Waals surface area contributed by atoms with Crippen LogP contribution in [0.2, 0.25) is 0 Å². The van der Waals surface area contributed by atoms with E-state index in [2.05, 4.69) is 32.2 Å². The van der Waals surface area contributed by atoms with Crippen molar-refractivity contribution in [3.8, 4) is 11.4 Å². The van der Waals surface area contributed by atoms with Crippen molar-refractivity contribution >= 4 is 0 Å². The van der Waals surface area contributed by atoms with Crippen molar-refractivity contribution in [2.75, 3.05) is 19.6 Å². The fraction of sp³-hybridized carbons (Fsp3) is 0.467. The van der Waals surface area contributed by atoms with Gasteiger partial charge in [-0.1, -0.05) is 0 Å². The molecule has 98 valence electrons. The molecule has 2 saturated heterocycles. The maximum absolute atomic E-state index is 4.53. The zero-order chi connectivity index (χ0) is 12.7. The number of piperidine rings is 1. The first-order valence-electron chi connectivity index (χ1n) is 7.06. The molecule has 1 N–H and O–H groups in total. The highest BCUT2D eigenvalue weighted by Gasteiger charge is 2.43. The van der Waals surface area contributed by atoms with Crippen molar-refractivity contribution in [1.29, 1.82) is 0 Å². The standard InChI is InChI=1S/C15H18N4/c1-3-12(16-8-1)13-4-5-14(18-17-13)15-6-2-9-19(11-15)10-7-15/h1,3-5,8,16H,2,6-7,9-11H2. The molecule has 0 saturated carbocycles. The zero-order valence-electron chi connectivity index (χ0n) is 11.0. The predicted octanol–water partition coefficient (Wildman–Crippen LogP) is 2.21. The topological polar surface area (TPSA) is 44.8 Å². The Hall–Kier alpha value is -1.68. The van der Waals surface area contributed by atoms with Gasteiger partial charge in [0.25, 0.3) is 0 Å². The molecule has 2 aromatic heterocycles. The summed E-state index contributed by atoms with van der Waals surface area (Å²) in [6.07, 6.45) is 5.71. The molecule has 0 aliphatic carbocycles. The van der Waals surface area contributed by atoms with Crippen molar-refractivity contribution in [2.24, 2.45) is 0 Å². The molecule has 2 aliphatic heterocycles. The summed E-state index contributed by atoms with van der Waals surface area (Å²) in [6, 6.07) is 8.29. The molecular weight excluding hydrogens is 236 g/mol. The molecule has 0 aromatic carbocycles. The molecule has 0 radical (unpaired) electrons. The largest absolute Gasteiger partial charge is 0.360 e. The zero-order valence-corrected chi connectivity index (χ0v) is 11.0. The van der Waals surface area contributed by atoms with E-state index in [-0.39, 0.29) is 5.41 Å². The molecule has 4 rings (SSSR count). The highest BCUT2D eigenvalue weighted by Crippen LogP contribution is 2.41. The number of nitrogens with one attached hydrogen (secondary N) is 1. The van der Waals surface area contributed by atoms with E-state index in [0.29, 0.717) is 0 Å². The average molecular weight is 254 g/mol. The second-order valence-electron chi connectivity index (χ2n) is 5.80. The summed E-state index contributed by atoms with van der Waals surface area (Å²) < 4.78 is 0. The van der Waals surface area contributed by atoms with Crippen molar-refractivity contribution in [3.63, 3.8) is 0 Å². The first kappa shape index (κ1) is 11.2. The summed E-state index contributed by atoms with van der Waals surface area (Å²) in [4.78, 5) is 5.73. The molecule has 19 heavy (non-hydrogen) atoms. The average Bonchev–Trinajstić information content (AvgIpc) is 3.09. The Labute approximate surface area is 112 Å². The van der Waals surface area contributed by atoms with Gasteiger partial charge in [0.15, 0.2) is 0 Å². The van der Waals surface area contributed by atoms with Crippen molar-refractivity contribution in [1.82, 2.24) is 20.1 Å². The number of fused-ring (bicyclic) bond motifs is 2. The van der Waals surface area contributed by atoms with E-state index < -0.39 is 0 Å². The summed E-state index contributed by atoms with van der Waals surface area (Å²) in [7, 11) is 0. The number of nitrogens with zero attached hydrogens (tertiary/aromatic N) is 3. The fourth-order valence-corrected chi connectivity index (χ4v) is 3.58. The molecule has 2 unspecified atom stereocenters. The van der Waals surface area contributed by atoms with Crippen LogP contribution in [-0.2, 0) is 5.41 Å². The van der Waals surface area contributed by atoms with Crippen LogP contribution < -0.4 is 0 Å². The first-order valence-corrected chi connectivity index (χ1v) is 7.06. The van der Waals surface area contributed by atoms with Gasteiger partial charge in [0.1, 0.15) is 5.69 Å². The second-order valence-corrected chi connectivity index (χ2v) is 5.80. The highest BCUT2D eigenvalue weighted by molar-refractivity contribution is 5.53. The third kappa shape index (κ3) is 1.78. The lowest BCUT2D eigenvalue weighted by Gasteiger charge is -2.33. The van der Waals surface area contributed by atoms with Gasteiger partial charge >= 0.3 is 0 Å². The van der Waals surface area contributed by atoms with Gasteiger partial charge in [-0.3, -0.25) is 0 Å². The SMILES string of the molecule is c1c[nH]c(-c2ccc(C34CCCN(CC3)C4)nn2)c1. The fourth-order valence-electron chi connectivity index (χ4n) is 3.58. The van der Waals surface area contributed by atoms with Gasteiger partial charge in [0.05, 0.1) is 11.4 Å². The second kappa shape index (κ2) is 4.17. The number of rotatable bonds is 2. The van der Waals surface area contributed by atoms with Crippen LogP contribution in [0.3, 0.4) is 0 Å². The van der Waals surface area contributed by atoms with Crippen LogP contribution in [0, 0.1) is 0 Å². The van der Waals surface area contributed by atoms with Gasteiger partial charge < -0.3 is 9.88 Å². The Bertz CT molecular complexity index is 556. The summed E-state index contributed by atoms with van der Waals surface area (Å²) in [5.74, 6) is 0. The minimum absolute atomic E-state index is 0.277.